The maximum Gasteiger partial charge on any atom is 0.228 e. The molecule has 0 unspecified atom stereocenters. The summed E-state index contributed by atoms with van der Waals surface area (Å²) in [6, 6.07) is 17.4. The molecule has 0 atom stereocenters. The maximum absolute atomic E-state index is 12.2. The van der Waals surface area contributed by atoms with E-state index in [4.69, 9.17) is 0 Å². The van der Waals surface area contributed by atoms with Gasteiger partial charge in [0.15, 0.2) is 0 Å². The predicted octanol–water partition coefficient (Wildman–Crippen LogP) is 4.18. The van der Waals surface area contributed by atoms with Crippen LogP contribution in [-0.2, 0) is 11.2 Å². The fraction of sp³-hybridized carbons (Fsp3) is 0.0588. The van der Waals surface area contributed by atoms with Gasteiger partial charge in [0.05, 0.1) is 17.6 Å². The molecule has 21 heavy (non-hydrogen) atoms. The second-order valence-corrected chi connectivity index (χ2v) is 5.65. The smallest absolute Gasteiger partial charge is 0.228 e. The Kier molecular flexibility index (Phi) is 3.97. The van der Waals surface area contributed by atoms with E-state index in [9.17, 15) is 4.79 Å². The number of nitrogens with zero attached hydrogens (tertiary/aromatic N) is 1. The van der Waals surface area contributed by atoms with Crippen molar-refractivity contribution in [3.8, 4) is 0 Å². The summed E-state index contributed by atoms with van der Waals surface area (Å²) in [7, 11) is 0. The van der Waals surface area contributed by atoms with Gasteiger partial charge in [-0.3, -0.25) is 9.78 Å². The standard InChI is InChI=1S/C17H13BrN2O/c18-14-8-6-12(7-9-14)11-16(21)20-15-5-1-3-13-4-2-10-19-17(13)15/h1-10H,11H2,(H,20,21). The molecule has 0 saturated carbocycles. The molecule has 4 heteroatoms. The Morgan fingerprint density at radius 1 is 1.05 bits per heavy atom. The van der Waals surface area contributed by atoms with E-state index in [-0.39, 0.29) is 5.91 Å². The summed E-state index contributed by atoms with van der Waals surface area (Å²) in [5.74, 6) is -0.0459. The number of fused-ring (bicyclic) bond motifs is 1. The molecule has 3 nitrogen and oxygen atoms in total. The first-order valence-electron chi connectivity index (χ1n) is 6.60. The van der Waals surface area contributed by atoms with Crippen LogP contribution in [0.5, 0.6) is 0 Å². The highest BCUT2D eigenvalue weighted by atomic mass is 79.9. The lowest BCUT2D eigenvalue weighted by atomic mass is 10.1. The fourth-order valence-corrected chi connectivity index (χ4v) is 2.45. The van der Waals surface area contributed by atoms with Gasteiger partial charge in [0, 0.05) is 16.1 Å². The molecule has 1 N–H and O–H groups in total. The number of rotatable bonds is 3. The summed E-state index contributed by atoms with van der Waals surface area (Å²) in [5, 5.41) is 3.95. The van der Waals surface area contributed by atoms with Gasteiger partial charge in [-0.15, -0.1) is 0 Å². The SMILES string of the molecule is O=C(Cc1ccc(Br)cc1)Nc1cccc2cccnc12. The molecule has 104 valence electrons. The van der Waals surface area contributed by atoms with Gasteiger partial charge in [0.1, 0.15) is 0 Å². The Balaban J connectivity index is 1.79. The molecule has 0 aliphatic carbocycles. The van der Waals surface area contributed by atoms with Gasteiger partial charge in [0.2, 0.25) is 5.91 Å². The van der Waals surface area contributed by atoms with Crippen molar-refractivity contribution in [3.63, 3.8) is 0 Å². The van der Waals surface area contributed by atoms with Crippen LogP contribution in [-0.4, -0.2) is 10.9 Å². The number of nitrogens with one attached hydrogen (secondary N) is 1. The van der Waals surface area contributed by atoms with Crippen molar-refractivity contribution in [2.45, 2.75) is 6.42 Å². The van der Waals surface area contributed by atoms with Gasteiger partial charge in [0.25, 0.3) is 0 Å². The Morgan fingerprint density at radius 3 is 2.62 bits per heavy atom. The largest absolute Gasteiger partial charge is 0.324 e. The third-order valence-corrected chi connectivity index (χ3v) is 3.71. The van der Waals surface area contributed by atoms with E-state index in [0.717, 1.165) is 26.6 Å². The number of hydrogen-bond acceptors (Lipinski definition) is 2. The molecular weight excluding hydrogens is 328 g/mol. The van der Waals surface area contributed by atoms with Crippen LogP contribution in [0.3, 0.4) is 0 Å². The lowest BCUT2D eigenvalue weighted by Gasteiger charge is -2.08. The van der Waals surface area contributed by atoms with Crippen LogP contribution in [0.2, 0.25) is 0 Å². The van der Waals surface area contributed by atoms with Crippen LogP contribution in [0.1, 0.15) is 5.56 Å². The van der Waals surface area contributed by atoms with Crippen LogP contribution >= 0.6 is 15.9 Å². The van der Waals surface area contributed by atoms with Gasteiger partial charge in [-0.2, -0.15) is 0 Å². The normalized spacial score (nSPS) is 10.5. The Labute approximate surface area is 131 Å². The average Bonchev–Trinajstić information content (AvgIpc) is 2.50. The monoisotopic (exact) mass is 340 g/mol. The van der Waals surface area contributed by atoms with Crippen molar-refractivity contribution in [2.75, 3.05) is 5.32 Å². The quantitative estimate of drug-likeness (QED) is 0.777. The number of carbonyl (C=O) groups is 1. The zero-order valence-corrected chi connectivity index (χ0v) is 12.8. The summed E-state index contributed by atoms with van der Waals surface area (Å²) in [6.07, 6.45) is 2.07. The average molecular weight is 341 g/mol. The molecule has 1 amide bonds. The van der Waals surface area contributed by atoms with E-state index >= 15 is 0 Å². The summed E-state index contributed by atoms with van der Waals surface area (Å²) < 4.78 is 1.00. The minimum absolute atomic E-state index is 0.0459. The van der Waals surface area contributed by atoms with Crippen molar-refractivity contribution in [3.05, 3.63) is 70.8 Å². The van der Waals surface area contributed by atoms with E-state index in [2.05, 4.69) is 26.2 Å². The van der Waals surface area contributed by atoms with Crippen LogP contribution < -0.4 is 5.32 Å². The topological polar surface area (TPSA) is 42.0 Å². The number of benzene rings is 2. The van der Waals surface area contributed by atoms with Gasteiger partial charge in [-0.25, -0.2) is 0 Å². The van der Waals surface area contributed by atoms with Gasteiger partial charge in [-0.1, -0.05) is 46.3 Å². The molecule has 0 spiro atoms. The van der Waals surface area contributed by atoms with E-state index in [1.165, 1.54) is 0 Å². The molecule has 3 rings (SSSR count). The third kappa shape index (κ3) is 3.28. The Bertz CT molecular complexity index is 779. The van der Waals surface area contributed by atoms with Crippen molar-refractivity contribution in [1.82, 2.24) is 4.98 Å². The van der Waals surface area contributed by atoms with E-state index in [1.54, 1.807) is 6.20 Å². The zero-order chi connectivity index (χ0) is 14.7. The predicted molar refractivity (Wildman–Crippen MR) is 88.2 cm³/mol. The van der Waals surface area contributed by atoms with E-state index < -0.39 is 0 Å². The first kappa shape index (κ1) is 13.8. The molecule has 2 aromatic carbocycles. The number of hydrogen-bond donors (Lipinski definition) is 1. The molecule has 0 bridgehead atoms. The molecule has 0 aliphatic heterocycles. The number of pyridine rings is 1. The molecular formula is C17H13BrN2O. The van der Waals surface area contributed by atoms with Crippen molar-refractivity contribution in [2.24, 2.45) is 0 Å². The summed E-state index contributed by atoms with van der Waals surface area (Å²) in [5.41, 5.74) is 2.53. The van der Waals surface area contributed by atoms with Gasteiger partial charge in [-0.05, 0) is 29.8 Å². The molecule has 1 heterocycles. The Hall–Kier alpha value is -2.20. The third-order valence-electron chi connectivity index (χ3n) is 3.18. The molecule has 0 aliphatic rings. The first-order valence-corrected chi connectivity index (χ1v) is 7.40. The highest BCUT2D eigenvalue weighted by Gasteiger charge is 2.07. The summed E-state index contributed by atoms with van der Waals surface area (Å²) in [6.45, 7) is 0. The van der Waals surface area contributed by atoms with Crippen molar-refractivity contribution in [1.29, 1.82) is 0 Å². The van der Waals surface area contributed by atoms with Crippen molar-refractivity contribution < 1.29 is 4.79 Å². The second kappa shape index (κ2) is 6.06. The minimum atomic E-state index is -0.0459. The highest BCUT2D eigenvalue weighted by molar-refractivity contribution is 9.10. The van der Waals surface area contributed by atoms with Crippen LogP contribution in [0.4, 0.5) is 5.69 Å². The maximum atomic E-state index is 12.2. The van der Waals surface area contributed by atoms with Gasteiger partial charge >= 0.3 is 0 Å². The molecule has 3 aromatic rings. The zero-order valence-electron chi connectivity index (χ0n) is 11.2. The van der Waals surface area contributed by atoms with Crippen LogP contribution in [0.25, 0.3) is 10.9 Å². The fourth-order valence-electron chi connectivity index (χ4n) is 2.19. The first-order chi connectivity index (χ1) is 10.2. The summed E-state index contributed by atoms with van der Waals surface area (Å²) >= 11 is 3.38. The number of anilines is 1. The molecule has 0 fully saturated rings. The van der Waals surface area contributed by atoms with Crippen molar-refractivity contribution >= 4 is 38.4 Å². The number of carbonyl (C=O) groups excluding carboxylic acids is 1. The number of aromatic nitrogens is 1. The van der Waals surface area contributed by atoms with E-state index in [1.807, 2.05) is 54.6 Å². The molecule has 0 saturated heterocycles. The van der Waals surface area contributed by atoms with Crippen LogP contribution in [0.15, 0.2) is 65.3 Å². The van der Waals surface area contributed by atoms with E-state index in [0.29, 0.717) is 6.42 Å². The lowest BCUT2D eigenvalue weighted by molar-refractivity contribution is -0.115. The number of para-hydroxylation sites is 1. The Morgan fingerprint density at radius 2 is 1.81 bits per heavy atom. The molecule has 0 radical (unpaired) electrons. The highest BCUT2D eigenvalue weighted by Crippen LogP contribution is 2.21. The van der Waals surface area contributed by atoms with Crippen LogP contribution in [0, 0.1) is 0 Å². The summed E-state index contributed by atoms with van der Waals surface area (Å²) in [4.78, 5) is 16.5. The second-order valence-electron chi connectivity index (χ2n) is 4.73. The molecule has 1 aromatic heterocycles. The number of halogens is 1. The van der Waals surface area contributed by atoms with Gasteiger partial charge < -0.3 is 5.32 Å². The number of amides is 1. The lowest BCUT2D eigenvalue weighted by Crippen LogP contribution is -2.14. The minimum Gasteiger partial charge on any atom is -0.324 e.